The molecule has 0 aliphatic heterocycles. The fourth-order valence-corrected chi connectivity index (χ4v) is 2.54. The number of aliphatic hydroxyl groups is 1. The van der Waals surface area contributed by atoms with Crippen LogP contribution in [-0.4, -0.2) is 35.6 Å². The van der Waals surface area contributed by atoms with Gasteiger partial charge in [0.15, 0.2) is 6.10 Å². The van der Waals surface area contributed by atoms with Gasteiger partial charge in [-0.25, -0.2) is 0 Å². The molecule has 5 nitrogen and oxygen atoms in total. The molecule has 120 valence electrons. The number of benzene rings is 1. The number of nitrogens with one attached hydrogen (secondary N) is 2. The van der Waals surface area contributed by atoms with Gasteiger partial charge in [-0.3, -0.25) is 9.59 Å². The van der Waals surface area contributed by atoms with Crippen molar-refractivity contribution in [2.45, 2.75) is 31.9 Å². The summed E-state index contributed by atoms with van der Waals surface area (Å²) < 4.78 is 0. The number of rotatable bonds is 6. The molecule has 22 heavy (non-hydrogen) atoms. The lowest BCUT2D eigenvalue weighted by atomic mass is 10.1. The Morgan fingerprint density at radius 2 is 1.91 bits per heavy atom. The molecular weight excluding hydrogens is 327 g/mol. The van der Waals surface area contributed by atoms with E-state index in [1.807, 2.05) is 0 Å². The van der Waals surface area contributed by atoms with E-state index in [0.29, 0.717) is 12.5 Å². The minimum atomic E-state index is -1.33. The Morgan fingerprint density at radius 1 is 1.32 bits per heavy atom. The molecular formula is C15H18Cl2N2O3. The van der Waals surface area contributed by atoms with Gasteiger partial charge in [0.2, 0.25) is 0 Å². The van der Waals surface area contributed by atoms with Crippen molar-refractivity contribution in [3.63, 3.8) is 0 Å². The largest absolute Gasteiger partial charge is 0.381 e. The van der Waals surface area contributed by atoms with Crippen LogP contribution in [0, 0.1) is 5.92 Å². The summed E-state index contributed by atoms with van der Waals surface area (Å²) in [6, 6.07) is 3.96. The zero-order valence-corrected chi connectivity index (χ0v) is 13.6. The van der Waals surface area contributed by atoms with Crippen LogP contribution in [-0.2, 0) is 4.79 Å². The van der Waals surface area contributed by atoms with Gasteiger partial charge in [0.1, 0.15) is 0 Å². The minimum Gasteiger partial charge on any atom is -0.381 e. The van der Waals surface area contributed by atoms with E-state index >= 15 is 0 Å². The summed E-state index contributed by atoms with van der Waals surface area (Å²) in [7, 11) is 0. The van der Waals surface area contributed by atoms with Crippen molar-refractivity contribution in [3.8, 4) is 0 Å². The molecule has 1 fully saturated rings. The number of hydrogen-bond donors (Lipinski definition) is 3. The second-order valence-electron chi connectivity index (χ2n) is 5.49. The van der Waals surface area contributed by atoms with Gasteiger partial charge in [0, 0.05) is 6.54 Å². The van der Waals surface area contributed by atoms with Gasteiger partial charge in [-0.1, -0.05) is 29.3 Å². The van der Waals surface area contributed by atoms with Crippen LogP contribution >= 0.6 is 23.2 Å². The number of halogens is 2. The number of hydrogen-bond acceptors (Lipinski definition) is 3. The SMILES string of the molecule is CC(NC(=O)c1c(Cl)cccc1Cl)C(O)C(=O)NCC1CC1. The minimum absolute atomic E-state index is 0.128. The summed E-state index contributed by atoms with van der Waals surface area (Å²) in [6.07, 6.45) is 0.880. The number of carbonyl (C=O) groups excluding carboxylic acids is 2. The van der Waals surface area contributed by atoms with E-state index in [1.165, 1.54) is 0 Å². The first kappa shape index (κ1) is 17.1. The quantitative estimate of drug-likeness (QED) is 0.738. The van der Waals surface area contributed by atoms with E-state index in [1.54, 1.807) is 25.1 Å². The summed E-state index contributed by atoms with van der Waals surface area (Å²) in [5.74, 6) is -0.509. The van der Waals surface area contributed by atoms with E-state index in [2.05, 4.69) is 10.6 Å². The number of amides is 2. The third-order valence-electron chi connectivity index (χ3n) is 3.55. The highest BCUT2D eigenvalue weighted by Crippen LogP contribution is 2.27. The van der Waals surface area contributed by atoms with Gasteiger partial charge >= 0.3 is 0 Å². The molecule has 2 rings (SSSR count). The van der Waals surface area contributed by atoms with Crippen molar-refractivity contribution in [2.75, 3.05) is 6.54 Å². The number of carbonyl (C=O) groups is 2. The van der Waals surface area contributed by atoms with E-state index in [-0.39, 0.29) is 15.6 Å². The Kier molecular flexibility index (Phi) is 5.67. The molecule has 0 bridgehead atoms. The lowest BCUT2D eigenvalue weighted by molar-refractivity contribution is -0.130. The first-order valence-electron chi connectivity index (χ1n) is 7.10. The lowest BCUT2D eigenvalue weighted by Gasteiger charge is -2.20. The van der Waals surface area contributed by atoms with Gasteiger partial charge in [-0.05, 0) is 37.8 Å². The summed E-state index contributed by atoms with van der Waals surface area (Å²) >= 11 is 11.9. The fourth-order valence-electron chi connectivity index (χ4n) is 1.97. The molecule has 3 N–H and O–H groups in total. The molecule has 1 aromatic carbocycles. The lowest BCUT2D eigenvalue weighted by Crippen LogP contribution is -2.49. The van der Waals surface area contributed by atoms with Gasteiger partial charge in [-0.2, -0.15) is 0 Å². The third-order valence-corrected chi connectivity index (χ3v) is 4.18. The Balaban J connectivity index is 1.93. The van der Waals surface area contributed by atoms with Crippen molar-refractivity contribution in [1.82, 2.24) is 10.6 Å². The molecule has 0 saturated heterocycles. The standard InChI is InChI=1S/C15H18Cl2N2O3/c1-8(13(20)15(22)18-7-9-5-6-9)19-14(21)12-10(16)3-2-4-11(12)17/h2-4,8-9,13,20H,5-7H2,1H3,(H,18,22)(H,19,21). The van der Waals surface area contributed by atoms with Crippen LogP contribution in [0.25, 0.3) is 0 Å². The van der Waals surface area contributed by atoms with Crippen molar-refractivity contribution >= 4 is 35.0 Å². The maximum absolute atomic E-state index is 12.2. The first-order valence-corrected chi connectivity index (χ1v) is 7.86. The molecule has 2 unspecified atom stereocenters. The van der Waals surface area contributed by atoms with Gasteiger partial charge in [0.25, 0.3) is 11.8 Å². The highest BCUT2D eigenvalue weighted by atomic mass is 35.5. The van der Waals surface area contributed by atoms with E-state index < -0.39 is 24.0 Å². The predicted molar refractivity (Wildman–Crippen MR) is 85.1 cm³/mol. The van der Waals surface area contributed by atoms with Crippen LogP contribution in [0.1, 0.15) is 30.1 Å². The molecule has 1 aliphatic carbocycles. The number of aliphatic hydroxyl groups excluding tert-OH is 1. The molecule has 1 aliphatic rings. The smallest absolute Gasteiger partial charge is 0.254 e. The molecule has 7 heteroatoms. The molecule has 0 aromatic heterocycles. The monoisotopic (exact) mass is 344 g/mol. The Bertz CT molecular complexity index is 556. The van der Waals surface area contributed by atoms with Crippen LogP contribution in [0.2, 0.25) is 10.0 Å². The molecule has 2 atom stereocenters. The zero-order valence-electron chi connectivity index (χ0n) is 12.1. The molecule has 0 heterocycles. The van der Waals surface area contributed by atoms with Gasteiger partial charge in [-0.15, -0.1) is 0 Å². The Hall–Kier alpha value is -1.30. The third kappa shape index (κ3) is 4.35. The Labute approximate surface area is 139 Å². The topological polar surface area (TPSA) is 78.4 Å². The fraction of sp³-hybridized carbons (Fsp3) is 0.467. The van der Waals surface area contributed by atoms with Crippen LogP contribution in [0.5, 0.6) is 0 Å². The molecule has 1 saturated carbocycles. The van der Waals surface area contributed by atoms with E-state index in [9.17, 15) is 14.7 Å². The molecule has 1 aromatic rings. The second-order valence-corrected chi connectivity index (χ2v) is 6.31. The van der Waals surface area contributed by atoms with Crippen molar-refractivity contribution in [3.05, 3.63) is 33.8 Å². The maximum atomic E-state index is 12.2. The normalized spacial score (nSPS) is 16.7. The van der Waals surface area contributed by atoms with Crippen LogP contribution in [0.4, 0.5) is 0 Å². The summed E-state index contributed by atoms with van der Waals surface area (Å²) in [4.78, 5) is 24.0. The van der Waals surface area contributed by atoms with Crippen LogP contribution in [0.3, 0.4) is 0 Å². The molecule has 2 amide bonds. The highest BCUT2D eigenvalue weighted by Gasteiger charge is 2.28. The van der Waals surface area contributed by atoms with Crippen LogP contribution < -0.4 is 10.6 Å². The summed E-state index contributed by atoms with van der Waals surface area (Å²) in [5, 5.41) is 15.6. The second kappa shape index (κ2) is 7.31. The zero-order chi connectivity index (χ0) is 16.3. The van der Waals surface area contributed by atoms with E-state index in [4.69, 9.17) is 23.2 Å². The highest BCUT2D eigenvalue weighted by molar-refractivity contribution is 6.39. The Morgan fingerprint density at radius 3 is 2.45 bits per heavy atom. The molecule has 0 radical (unpaired) electrons. The summed E-state index contributed by atoms with van der Waals surface area (Å²) in [5.41, 5.74) is 0.128. The average Bonchev–Trinajstić information content (AvgIpc) is 3.27. The van der Waals surface area contributed by atoms with Gasteiger partial charge < -0.3 is 15.7 Å². The van der Waals surface area contributed by atoms with Gasteiger partial charge in [0.05, 0.1) is 21.7 Å². The summed E-state index contributed by atoms with van der Waals surface area (Å²) in [6.45, 7) is 2.11. The van der Waals surface area contributed by atoms with Crippen LogP contribution in [0.15, 0.2) is 18.2 Å². The van der Waals surface area contributed by atoms with E-state index in [0.717, 1.165) is 12.8 Å². The predicted octanol–water partition coefficient (Wildman–Crippen LogP) is 2.00. The van der Waals surface area contributed by atoms with Crippen molar-refractivity contribution < 1.29 is 14.7 Å². The first-order chi connectivity index (χ1) is 10.4. The van der Waals surface area contributed by atoms with Crippen molar-refractivity contribution in [1.29, 1.82) is 0 Å². The van der Waals surface area contributed by atoms with Crippen molar-refractivity contribution in [2.24, 2.45) is 5.92 Å². The average molecular weight is 345 g/mol. The molecule has 0 spiro atoms. The maximum Gasteiger partial charge on any atom is 0.254 e.